The number of ketones is 2. The minimum atomic E-state index is 0.166. The summed E-state index contributed by atoms with van der Waals surface area (Å²) in [5, 5.41) is 0. The highest BCUT2D eigenvalue weighted by atomic mass is 16.1. The van der Waals surface area contributed by atoms with E-state index in [9.17, 15) is 0 Å². The van der Waals surface area contributed by atoms with Crippen molar-refractivity contribution in [3.8, 4) is 0 Å². The molecule has 4 aromatic rings. The average Bonchev–Trinajstić information content (AvgIpc) is 3.24. The summed E-state index contributed by atoms with van der Waals surface area (Å²) in [5.74, 6) is 3.40. The Balaban J connectivity index is 1.14. The van der Waals surface area contributed by atoms with Gasteiger partial charge in [-0.25, -0.2) is 0 Å². The summed E-state index contributed by atoms with van der Waals surface area (Å²) >= 11 is 0. The van der Waals surface area contributed by atoms with Crippen molar-refractivity contribution >= 4 is 22.7 Å². The Morgan fingerprint density at radius 1 is 0.259 bits per heavy atom. The van der Waals surface area contributed by atoms with Crippen LogP contribution >= 0.6 is 0 Å². The van der Waals surface area contributed by atoms with Crippen LogP contribution in [0.4, 0.5) is 0 Å². The molecule has 0 aliphatic heterocycles. The first-order valence-corrected chi connectivity index (χ1v) is 20.9. The Labute approximate surface area is 316 Å². The normalized spacial score (nSPS) is 31.2. The molecule has 18 rings (SSSR count). The van der Waals surface area contributed by atoms with Crippen molar-refractivity contribution in [1.82, 2.24) is 0 Å². The first kappa shape index (κ1) is 29.3. The molecule has 14 aliphatic rings. The lowest BCUT2D eigenvalue weighted by Gasteiger charge is -2.39. The molecule has 0 N–H and O–H groups in total. The molecule has 14 aliphatic carbocycles. The van der Waals surface area contributed by atoms with E-state index in [4.69, 9.17) is 0 Å². The number of allylic oxidation sites excluding steroid dienone is 8. The number of hydrogen-bond acceptors (Lipinski definition) is 2. The number of hydrogen-bond donors (Lipinski definition) is 0. The Bertz CT molecular complexity index is 2340. The summed E-state index contributed by atoms with van der Waals surface area (Å²) in [5.41, 5.74) is 21.0. The molecular formula is C52H40O2. The number of benzene rings is 4. The maximum absolute atomic E-state index is 15.1. The minimum Gasteiger partial charge on any atom is -0.289 e. The van der Waals surface area contributed by atoms with Crippen LogP contribution in [0.15, 0.2) is 97.1 Å². The van der Waals surface area contributed by atoms with E-state index >= 15 is 9.59 Å². The summed E-state index contributed by atoms with van der Waals surface area (Å²) in [6, 6.07) is 18.9. The van der Waals surface area contributed by atoms with Gasteiger partial charge in [0.2, 0.25) is 0 Å². The summed E-state index contributed by atoms with van der Waals surface area (Å²) in [7, 11) is 0. The van der Waals surface area contributed by atoms with Crippen LogP contribution in [-0.4, -0.2) is 11.6 Å². The van der Waals surface area contributed by atoms with Crippen LogP contribution in [0.25, 0.3) is 11.1 Å². The maximum Gasteiger partial charge on any atom is 0.194 e. The van der Waals surface area contributed by atoms with Crippen molar-refractivity contribution in [2.45, 2.75) is 98.7 Å². The van der Waals surface area contributed by atoms with Gasteiger partial charge in [0.1, 0.15) is 0 Å². The van der Waals surface area contributed by atoms with Crippen molar-refractivity contribution in [3.63, 3.8) is 0 Å². The van der Waals surface area contributed by atoms with Crippen molar-refractivity contribution in [1.29, 1.82) is 0 Å². The molecule has 260 valence electrons. The van der Waals surface area contributed by atoms with Gasteiger partial charge in [-0.1, -0.05) is 48.6 Å². The molecule has 4 aromatic carbocycles. The molecule has 0 saturated heterocycles. The van der Waals surface area contributed by atoms with Crippen LogP contribution in [0.3, 0.4) is 0 Å². The van der Waals surface area contributed by atoms with Gasteiger partial charge in [0, 0.05) is 69.6 Å². The number of fused-ring (bicyclic) bond motifs is 8. The zero-order chi connectivity index (χ0) is 35.1. The quantitative estimate of drug-likeness (QED) is 0.148. The molecule has 0 heterocycles. The summed E-state index contributed by atoms with van der Waals surface area (Å²) in [6.07, 6.45) is 28.5. The van der Waals surface area contributed by atoms with Crippen LogP contribution in [-0.2, 0) is 0 Å². The molecule has 54 heavy (non-hydrogen) atoms. The first-order valence-electron chi connectivity index (χ1n) is 20.9. The second kappa shape index (κ2) is 9.96. The van der Waals surface area contributed by atoms with Gasteiger partial charge >= 0.3 is 0 Å². The van der Waals surface area contributed by atoms with E-state index in [-0.39, 0.29) is 11.6 Å². The highest BCUT2D eigenvalue weighted by Gasteiger charge is 2.42. The third kappa shape index (κ3) is 3.55. The van der Waals surface area contributed by atoms with Crippen LogP contribution in [0.5, 0.6) is 0 Å². The average molecular weight is 697 g/mol. The highest BCUT2D eigenvalue weighted by Crippen LogP contribution is 2.57. The molecule has 0 radical (unpaired) electrons. The van der Waals surface area contributed by atoms with Crippen molar-refractivity contribution in [2.75, 3.05) is 0 Å². The molecule has 0 spiro atoms. The SMILES string of the molecule is O=C1c2cc3c(cc2C(=C2c4cc5c(cc4C(=O)c4cc6c(cc42)C2C=CC6CC2)C2C=CC5CC2)c2cc4c(cc21)C1C=CC4CC1)C1C=CC3CC1. The van der Waals surface area contributed by atoms with Gasteiger partial charge in [-0.05, 0) is 178 Å². The predicted octanol–water partition coefficient (Wildman–Crippen LogP) is 11.9. The zero-order valence-corrected chi connectivity index (χ0v) is 30.3. The lowest BCUT2D eigenvalue weighted by molar-refractivity contribution is 0.102. The van der Waals surface area contributed by atoms with Gasteiger partial charge in [0.15, 0.2) is 11.6 Å². The number of carbonyl (C=O) groups excluding carboxylic acids is 2. The van der Waals surface area contributed by atoms with Gasteiger partial charge in [-0.3, -0.25) is 9.59 Å². The monoisotopic (exact) mass is 696 g/mol. The fraction of sp³-hybridized carbons (Fsp3) is 0.308. The molecule has 8 unspecified atom stereocenters. The van der Waals surface area contributed by atoms with E-state index in [1.165, 1.54) is 55.7 Å². The second-order valence-corrected chi connectivity index (χ2v) is 18.2. The Morgan fingerprint density at radius 3 is 0.593 bits per heavy atom. The van der Waals surface area contributed by atoms with E-state index < -0.39 is 0 Å². The van der Waals surface area contributed by atoms with Gasteiger partial charge in [-0.2, -0.15) is 0 Å². The number of rotatable bonds is 0. The number of carbonyl (C=O) groups is 2. The maximum atomic E-state index is 15.1. The lowest BCUT2D eigenvalue weighted by atomic mass is 9.63. The van der Waals surface area contributed by atoms with Gasteiger partial charge < -0.3 is 0 Å². The first-order chi connectivity index (χ1) is 26.6. The lowest BCUT2D eigenvalue weighted by Crippen LogP contribution is -2.26. The molecule has 2 nitrogen and oxygen atoms in total. The molecule has 0 saturated carbocycles. The third-order valence-corrected chi connectivity index (χ3v) is 15.9. The van der Waals surface area contributed by atoms with E-state index in [0.717, 1.165) is 95.9 Å². The zero-order valence-electron chi connectivity index (χ0n) is 30.3. The molecule has 2 heteroatoms. The van der Waals surface area contributed by atoms with Crippen LogP contribution in [0.2, 0.25) is 0 Å². The molecule has 8 bridgehead atoms. The van der Waals surface area contributed by atoms with Gasteiger partial charge in [-0.15, -0.1) is 0 Å². The summed E-state index contributed by atoms with van der Waals surface area (Å²) in [4.78, 5) is 30.2. The topological polar surface area (TPSA) is 34.1 Å². The van der Waals surface area contributed by atoms with E-state index in [1.54, 1.807) is 0 Å². The predicted molar refractivity (Wildman–Crippen MR) is 213 cm³/mol. The molecular weight excluding hydrogens is 657 g/mol. The minimum absolute atomic E-state index is 0.166. The fourth-order valence-electron chi connectivity index (χ4n) is 13.2. The van der Waals surface area contributed by atoms with Crippen molar-refractivity contribution in [3.05, 3.63) is 186 Å². The van der Waals surface area contributed by atoms with E-state index in [1.807, 2.05) is 0 Å². The standard InChI is InChI=1S/C52H40O2/c53-51-45-21-37-29-9-1-25(2-10-29)33(37)17-41(45)49(42-18-34-26-3-11-30(12-4-26)38(34)22-46(42)51)50-43-19-35-27-5-13-31(14-6-27)39(35)23-47(43)52(54)48-24-40-32-15-7-28(8-16-32)36(40)20-44(48)50/h1,3,5,7,9,11,13,15,17-32H,2,4,6,8,10,12,14,16H2. The smallest absolute Gasteiger partial charge is 0.194 e. The van der Waals surface area contributed by atoms with Gasteiger partial charge in [0.25, 0.3) is 0 Å². The second-order valence-electron chi connectivity index (χ2n) is 18.2. The third-order valence-electron chi connectivity index (χ3n) is 15.9. The van der Waals surface area contributed by atoms with Crippen LogP contribution < -0.4 is 0 Å². The highest BCUT2D eigenvalue weighted by molar-refractivity contribution is 6.27. The molecule has 0 aromatic heterocycles. The molecule has 0 fully saturated rings. The Morgan fingerprint density at radius 2 is 0.426 bits per heavy atom. The van der Waals surface area contributed by atoms with Crippen LogP contribution in [0.1, 0.15) is 197 Å². The van der Waals surface area contributed by atoms with Gasteiger partial charge in [0.05, 0.1) is 0 Å². The van der Waals surface area contributed by atoms with E-state index in [0.29, 0.717) is 47.3 Å². The Kier molecular flexibility index (Phi) is 5.40. The molecule has 0 amide bonds. The fourth-order valence-corrected chi connectivity index (χ4v) is 13.2. The Hall–Kier alpha value is -5.08. The summed E-state index contributed by atoms with van der Waals surface area (Å²) < 4.78 is 0. The van der Waals surface area contributed by atoms with Crippen molar-refractivity contribution < 1.29 is 9.59 Å². The largest absolute Gasteiger partial charge is 0.289 e. The molecule has 8 atom stereocenters. The van der Waals surface area contributed by atoms with E-state index in [2.05, 4.69) is 97.1 Å². The summed E-state index contributed by atoms with van der Waals surface area (Å²) in [6.45, 7) is 0. The van der Waals surface area contributed by atoms with Crippen molar-refractivity contribution in [2.24, 2.45) is 0 Å². The van der Waals surface area contributed by atoms with Crippen LogP contribution in [0, 0.1) is 0 Å².